The normalized spacial score (nSPS) is 27.5. The molecule has 18 heavy (non-hydrogen) atoms. The number of rotatable bonds is 3. The lowest BCUT2D eigenvalue weighted by Crippen LogP contribution is -2.31. The molecule has 1 aliphatic heterocycles. The molecule has 0 saturated carbocycles. The fraction of sp³-hybridized carbons (Fsp3) is 0.375. The van der Waals surface area contributed by atoms with E-state index in [1.165, 1.54) is 23.3 Å². The summed E-state index contributed by atoms with van der Waals surface area (Å²) in [6.07, 6.45) is 2.43. The molecule has 2 aromatic rings. The zero-order valence-electron chi connectivity index (χ0n) is 10.7. The van der Waals surface area contributed by atoms with Gasteiger partial charge in [-0.05, 0) is 36.4 Å². The molecule has 1 aromatic carbocycles. The van der Waals surface area contributed by atoms with Crippen LogP contribution < -0.4 is 5.32 Å². The third-order valence-electron chi connectivity index (χ3n) is 4.25. The van der Waals surface area contributed by atoms with Crippen LogP contribution in [0.4, 0.5) is 0 Å². The average Bonchev–Trinajstić information content (AvgIpc) is 3.09. The Labute approximate surface area is 113 Å². The quantitative estimate of drug-likeness (QED) is 0.871. The SMILES string of the molecule is CCC1(c2cccs2)CCNC1c1ccccc1. The van der Waals surface area contributed by atoms with Crippen LogP contribution in [-0.2, 0) is 5.41 Å². The second-order valence-corrected chi connectivity index (χ2v) is 5.98. The van der Waals surface area contributed by atoms with E-state index in [0.717, 1.165) is 6.54 Å². The highest BCUT2D eigenvalue weighted by Gasteiger charge is 2.44. The van der Waals surface area contributed by atoms with E-state index in [-0.39, 0.29) is 5.41 Å². The summed E-state index contributed by atoms with van der Waals surface area (Å²) in [5.41, 5.74) is 1.71. The summed E-state index contributed by atoms with van der Waals surface area (Å²) in [5.74, 6) is 0. The van der Waals surface area contributed by atoms with Crippen molar-refractivity contribution in [2.24, 2.45) is 0 Å². The number of hydrogen-bond donors (Lipinski definition) is 1. The van der Waals surface area contributed by atoms with E-state index in [4.69, 9.17) is 0 Å². The van der Waals surface area contributed by atoms with E-state index in [1.807, 2.05) is 11.3 Å². The zero-order valence-corrected chi connectivity index (χ0v) is 11.5. The van der Waals surface area contributed by atoms with Gasteiger partial charge >= 0.3 is 0 Å². The van der Waals surface area contributed by atoms with Crippen LogP contribution in [0.2, 0.25) is 0 Å². The van der Waals surface area contributed by atoms with Crippen molar-refractivity contribution < 1.29 is 0 Å². The summed E-state index contributed by atoms with van der Waals surface area (Å²) in [4.78, 5) is 1.53. The lowest BCUT2D eigenvalue weighted by molar-refractivity contribution is 0.370. The fourth-order valence-corrected chi connectivity index (χ4v) is 4.30. The van der Waals surface area contributed by atoms with Crippen molar-refractivity contribution >= 4 is 11.3 Å². The van der Waals surface area contributed by atoms with Gasteiger partial charge in [0.2, 0.25) is 0 Å². The number of thiophene rings is 1. The van der Waals surface area contributed by atoms with Gasteiger partial charge in [-0.1, -0.05) is 43.3 Å². The van der Waals surface area contributed by atoms with Gasteiger partial charge in [-0.3, -0.25) is 0 Å². The summed E-state index contributed by atoms with van der Waals surface area (Å²) < 4.78 is 0. The minimum Gasteiger partial charge on any atom is -0.309 e. The topological polar surface area (TPSA) is 12.0 Å². The maximum absolute atomic E-state index is 3.71. The molecule has 0 spiro atoms. The van der Waals surface area contributed by atoms with Gasteiger partial charge in [0.05, 0.1) is 0 Å². The van der Waals surface area contributed by atoms with Gasteiger partial charge in [-0.15, -0.1) is 11.3 Å². The van der Waals surface area contributed by atoms with E-state index in [1.54, 1.807) is 0 Å². The minimum absolute atomic E-state index is 0.287. The van der Waals surface area contributed by atoms with Crippen LogP contribution in [0.5, 0.6) is 0 Å². The molecule has 0 aliphatic carbocycles. The first-order chi connectivity index (χ1) is 8.87. The van der Waals surface area contributed by atoms with Gasteiger partial charge in [-0.25, -0.2) is 0 Å². The molecule has 1 aliphatic rings. The van der Waals surface area contributed by atoms with E-state index in [2.05, 4.69) is 60.1 Å². The largest absolute Gasteiger partial charge is 0.309 e. The molecule has 0 bridgehead atoms. The highest BCUT2D eigenvalue weighted by atomic mass is 32.1. The third-order valence-corrected chi connectivity index (χ3v) is 5.34. The maximum Gasteiger partial charge on any atom is 0.0426 e. The van der Waals surface area contributed by atoms with Crippen LogP contribution in [-0.4, -0.2) is 6.54 Å². The monoisotopic (exact) mass is 257 g/mol. The molecule has 3 rings (SSSR count). The van der Waals surface area contributed by atoms with E-state index >= 15 is 0 Å². The van der Waals surface area contributed by atoms with Crippen LogP contribution in [0.15, 0.2) is 47.8 Å². The Balaban J connectivity index is 2.04. The molecule has 94 valence electrons. The minimum atomic E-state index is 0.287. The molecule has 2 atom stereocenters. The van der Waals surface area contributed by atoms with Gasteiger partial charge < -0.3 is 5.32 Å². The van der Waals surface area contributed by atoms with Crippen molar-refractivity contribution in [1.82, 2.24) is 5.32 Å². The molecule has 1 aromatic heterocycles. The smallest absolute Gasteiger partial charge is 0.0426 e. The number of nitrogens with one attached hydrogen (secondary N) is 1. The molecule has 1 N–H and O–H groups in total. The Hall–Kier alpha value is -1.12. The molecule has 1 fully saturated rings. The van der Waals surface area contributed by atoms with Gasteiger partial charge in [0.15, 0.2) is 0 Å². The van der Waals surface area contributed by atoms with E-state index in [9.17, 15) is 0 Å². The first kappa shape index (κ1) is 11.9. The fourth-order valence-electron chi connectivity index (χ4n) is 3.24. The molecule has 1 saturated heterocycles. The summed E-state index contributed by atoms with van der Waals surface area (Å²) in [6.45, 7) is 3.44. The van der Waals surface area contributed by atoms with Crippen molar-refractivity contribution in [3.63, 3.8) is 0 Å². The van der Waals surface area contributed by atoms with Crippen LogP contribution in [0, 0.1) is 0 Å². The number of hydrogen-bond acceptors (Lipinski definition) is 2. The summed E-state index contributed by atoms with van der Waals surface area (Å²) >= 11 is 1.90. The second kappa shape index (κ2) is 4.87. The molecule has 2 heteroatoms. The molecule has 2 heterocycles. The van der Waals surface area contributed by atoms with Gasteiger partial charge in [0, 0.05) is 16.3 Å². The Morgan fingerprint density at radius 3 is 2.72 bits per heavy atom. The summed E-state index contributed by atoms with van der Waals surface area (Å²) in [6, 6.07) is 15.8. The molecule has 0 radical (unpaired) electrons. The maximum atomic E-state index is 3.71. The first-order valence-corrected chi connectivity index (χ1v) is 7.57. The van der Waals surface area contributed by atoms with Gasteiger partial charge in [-0.2, -0.15) is 0 Å². The Morgan fingerprint density at radius 1 is 1.22 bits per heavy atom. The van der Waals surface area contributed by atoms with Gasteiger partial charge in [0.25, 0.3) is 0 Å². The van der Waals surface area contributed by atoms with Crippen LogP contribution in [0.3, 0.4) is 0 Å². The van der Waals surface area contributed by atoms with Crippen molar-refractivity contribution in [2.45, 2.75) is 31.2 Å². The van der Waals surface area contributed by atoms with Crippen molar-refractivity contribution in [1.29, 1.82) is 0 Å². The molecule has 1 nitrogen and oxygen atoms in total. The first-order valence-electron chi connectivity index (χ1n) is 6.69. The lowest BCUT2D eigenvalue weighted by Gasteiger charge is -2.33. The predicted molar refractivity (Wildman–Crippen MR) is 78.1 cm³/mol. The van der Waals surface area contributed by atoms with Crippen molar-refractivity contribution in [3.05, 3.63) is 58.3 Å². The van der Waals surface area contributed by atoms with Crippen LogP contribution >= 0.6 is 11.3 Å². The second-order valence-electron chi connectivity index (χ2n) is 5.03. The molecule has 2 unspecified atom stereocenters. The Bertz CT molecular complexity index is 491. The van der Waals surface area contributed by atoms with Crippen molar-refractivity contribution in [3.8, 4) is 0 Å². The zero-order chi connectivity index (χ0) is 12.4. The Morgan fingerprint density at radius 2 is 2.06 bits per heavy atom. The lowest BCUT2D eigenvalue weighted by atomic mass is 9.74. The molecular formula is C16H19NS. The van der Waals surface area contributed by atoms with E-state index < -0.39 is 0 Å². The Kier molecular flexibility index (Phi) is 3.23. The molecular weight excluding hydrogens is 238 g/mol. The van der Waals surface area contributed by atoms with E-state index in [0.29, 0.717) is 6.04 Å². The highest BCUT2D eigenvalue weighted by Crippen LogP contribution is 2.47. The standard InChI is InChI=1S/C16H19NS/c1-2-16(14-9-6-12-18-14)10-11-17-15(16)13-7-4-3-5-8-13/h3-9,12,15,17H,2,10-11H2,1H3. The van der Waals surface area contributed by atoms with Crippen LogP contribution in [0.1, 0.15) is 36.2 Å². The van der Waals surface area contributed by atoms with Crippen molar-refractivity contribution in [2.75, 3.05) is 6.54 Å². The number of benzene rings is 1. The average molecular weight is 257 g/mol. The third kappa shape index (κ3) is 1.80. The highest BCUT2D eigenvalue weighted by molar-refractivity contribution is 7.10. The molecule has 0 amide bonds. The van der Waals surface area contributed by atoms with Crippen LogP contribution in [0.25, 0.3) is 0 Å². The van der Waals surface area contributed by atoms with Gasteiger partial charge in [0.1, 0.15) is 0 Å². The summed E-state index contributed by atoms with van der Waals surface area (Å²) in [7, 11) is 0. The summed E-state index contributed by atoms with van der Waals surface area (Å²) in [5, 5.41) is 5.91. The predicted octanol–water partition coefficient (Wildman–Crippen LogP) is 4.13.